The second kappa shape index (κ2) is 3.64. The van der Waals surface area contributed by atoms with Gasteiger partial charge in [-0.15, -0.1) is 0 Å². The highest BCUT2D eigenvalue weighted by molar-refractivity contribution is 5.23. The number of alkyl halides is 3. The van der Waals surface area contributed by atoms with Crippen molar-refractivity contribution in [3.05, 3.63) is 24.0 Å². The Balaban J connectivity index is 2.92. The minimum atomic E-state index is -4.41. The summed E-state index contributed by atoms with van der Waals surface area (Å²) >= 11 is 0. The molecule has 0 aromatic carbocycles. The fourth-order valence-electron chi connectivity index (χ4n) is 0.823. The van der Waals surface area contributed by atoms with Crippen molar-refractivity contribution in [2.45, 2.75) is 13.1 Å². The van der Waals surface area contributed by atoms with Crippen molar-refractivity contribution in [1.82, 2.24) is 4.98 Å². The van der Waals surface area contributed by atoms with Crippen molar-refractivity contribution in [1.29, 1.82) is 0 Å². The van der Waals surface area contributed by atoms with Gasteiger partial charge in [-0.3, -0.25) is 4.98 Å². The summed E-state index contributed by atoms with van der Waals surface area (Å²) in [5.41, 5.74) is -0.932. The van der Waals surface area contributed by atoms with Crippen LogP contribution in [0.5, 0.6) is 5.75 Å². The van der Waals surface area contributed by atoms with Gasteiger partial charge in [0.2, 0.25) is 0 Å². The van der Waals surface area contributed by atoms with Crippen molar-refractivity contribution < 1.29 is 17.9 Å². The minimum Gasteiger partial charge on any atom is -0.494 e. The van der Waals surface area contributed by atoms with E-state index in [2.05, 4.69) is 4.98 Å². The van der Waals surface area contributed by atoms with E-state index < -0.39 is 11.9 Å². The van der Waals surface area contributed by atoms with Gasteiger partial charge in [-0.1, -0.05) is 0 Å². The molecule has 0 aliphatic carbocycles. The molecule has 0 unspecified atom stereocenters. The first-order valence-corrected chi connectivity index (χ1v) is 3.70. The van der Waals surface area contributed by atoms with E-state index >= 15 is 0 Å². The number of rotatable bonds is 2. The topological polar surface area (TPSA) is 22.1 Å². The Hall–Kier alpha value is -1.26. The summed E-state index contributed by atoms with van der Waals surface area (Å²) < 4.78 is 41.2. The van der Waals surface area contributed by atoms with Crippen LogP contribution in [0, 0.1) is 0 Å². The summed E-state index contributed by atoms with van der Waals surface area (Å²) in [5, 5.41) is 0. The zero-order valence-electron chi connectivity index (χ0n) is 6.93. The lowest BCUT2D eigenvalue weighted by atomic mass is 10.3. The fourth-order valence-corrected chi connectivity index (χ4v) is 0.823. The highest BCUT2D eigenvalue weighted by atomic mass is 19.4. The summed E-state index contributed by atoms with van der Waals surface area (Å²) in [7, 11) is 0. The number of hydrogen-bond acceptors (Lipinski definition) is 2. The largest absolute Gasteiger partial charge is 0.494 e. The third-order valence-corrected chi connectivity index (χ3v) is 1.33. The van der Waals surface area contributed by atoms with Crippen LogP contribution in [0.25, 0.3) is 0 Å². The number of halogens is 3. The van der Waals surface area contributed by atoms with E-state index in [0.717, 1.165) is 12.3 Å². The zero-order valence-corrected chi connectivity index (χ0v) is 6.93. The first-order valence-electron chi connectivity index (χ1n) is 3.70. The molecule has 2 nitrogen and oxygen atoms in total. The molecule has 0 atom stereocenters. The van der Waals surface area contributed by atoms with Gasteiger partial charge in [0.25, 0.3) is 0 Å². The molecule has 72 valence electrons. The molecule has 0 N–H and O–H groups in total. The quantitative estimate of drug-likeness (QED) is 0.716. The Morgan fingerprint density at radius 1 is 1.46 bits per heavy atom. The van der Waals surface area contributed by atoms with Crippen LogP contribution in [0.15, 0.2) is 18.3 Å². The maximum Gasteiger partial charge on any atom is 0.433 e. The first-order chi connectivity index (χ1) is 6.04. The van der Waals surface area contributed by atoms with Crippen molar-refractivity contribution in [2.24, 2.45) is 0 Å². The smallest absolute Gasteiger partial charge is 0.433 e. The standard InChI is InChI=1S/C8H8F3NO/c1-2-13-6-3-4-12-7(5-6)8(9,10)11/h3-5H,2H2,1H3. The molecule has 0 amide bonds. The SMILES string of the molecule is CCOc1ccnc(C(F)(F)F)c1. The summed E-state index contributed by atoms with van der Waals surface area (Å²) in [6.45, 7) is 2.04. The Kier molecular flexibility index (Phi) is 2.75. The van der Waals surface area contributed by atoms with Crippen LogP contribution in [0.2, 0.25) is 0 Å². The molecule has 1 aromatic rings. The highest BCUT2D eigenvalue weighted by Crippen LogP contribution is 2.29. The van der Waals surface area contributed by atoms with Crippen molar-refractivity contribution in [3.63, 3.8) is 0 Å². The van der Waals surface area contributed by atoms with Crippen molar-refractivity contribution in [2.75, 3.05) is 6.61 Å². The molecule has 1 heterocycles. The second-order valence-electron chi connectivity index (χ2n) is 2.31. The third kappa shape index (κ3) is 2.61. The monoisotopic (exact) mass is 191 g/mol. The third-order valence-electron chi connectivity index (χ3n) is 1.33. The van der Waals surface area contributed by atoms with Gasteiger partial charge in [0.05, 0.1) is 6.61 Å². The molecular weight excluding hydrogens is 183 g/mol. The molecule has 0 saturated heterocycles. The van der Waals surface area contributed by atoms with E-state index in [1.165, 1.54) is 6.07 Å². The second-order valence-corrected chi connectivity index (χ2v) is 2.31. The maximum absolute atomic E-state index is 12.1. The molecule has 0 aliphatic heterocycles. The summed E-state index contributed by atoms with van der Waals surface area (Å²) in [5.74, 6) is 0.185. The molecule has 0 bridgehead atoms. The Morgan fingerprint density at radius 3 is 2.69 bits per heavy atom. The molecule has 1 rings (SSSR count). The highest BCUT2D eigenvalue weighted by Gasteiger charge is 2.32. The van der Waals surface area contributed by atoms with E-state index in [9.17, 15) is 13.2 Å². The van der Waals surface area contributed by atoms with Gasteiger partial charge in [0, 0.05) is 12.3 Å². The van der Waals surface area contributed by atoms with E-state index in [-0.39, 0.29) is 5.75 Å². The molecule has 0 radical (unpaired) electrons. The average Bonchev–Trinajstić information content (AvgIpc) is 2.04. The molecular formula is C8H8F3NO. The van der Waals surface area contributed by atoms with E-state index in [4.69, 9.17) is 4.74 Å². The molecule has 1 aromatic heterocycles. The summed E-state index contributed by atoms with van der Waals surface area (Å²) in [6, 6.07) is 2.27. The lowest BCUT2D eigenvalue weighted by Gasteiger charge is -2.07. The van der Waals surface area contributed by atoms with Gasteiger partial charge < -0.3 is 4.74 Å². The predicted octanol–water partition coefficient (Wildman–Crippen LogP) is 2.50. The number of hydrogen-bond donors (Lipinski definition) is 0. The Morgan fingerprint density at radius 2 is 2.15 bits per heavy atom. The molecule has 0 fully saturated rings. The molecule has 13 heavy (non-hydrogen) atoms. The predicted molar refractivity (Wildman–Crippen MR) is 40.4 cm³/mol. The van der Waals surface area contributed by atoms with Crippen LogP contribution in [0.1, 0.15) is 12.6 Å². The van der Waals surface area contributed by atoms with Crippen LogP contribution < -0.4 is 4.74 Å². The van der Waals surface area contributed by atoms with Crippen LogP contribution in [-0.2, 0) is 6.18 Å². The lowest BCUT2D eigenvalue weighted by Crippen LogP contribution is -2.07. The molecule has 0 spiro atoms. The average molecular weight is 191 g/mol. The van der Waals surface area contributed by atoms with E-state index in [1.807, 2.05) is 0 Å². The van der Waals surface area contributed by atoms with Crippen LogP contribution >= 0.6 is 0 Å². The lowest BCUT2D eigenvalue weighted by molar-refractivity contribution is -0.141. The van der Waals surface area contributed by atoms with Crippen LogP contribution in [-0.4, -0.2) is 11.6 Å². The van der Waals surface area contributed by atoms with Gasteiger partial charge in [-0.25, -0.2) is 0 Å². The van der Waals surface area contributed by atoms with Crippen LogP contribution in [0.4, 0.5) is 13.2 Å². The minimum absolute atomic E-state index is 0.185. The fraction of sp³-hybridized carbons (Fsp3) is 0.375. The maximum atomic E-state index is 12.1. The van der Waals surface area contributed by atoms with Crippen molar-refractivity contribution in [3.8, 4) is 5.75 Å². The summed E-state index contributed by atoms with van der Waals surface area (Å²) in [4.78, 5) is 3.19. The van der Waals surface area contributed by atoms with Crippen LogP contribution in [0.3, 0.4) is 0 Å². The summed E-state index contributed by atoms with van der Waals surface area (Å²) in [6.07, 6.45) is -3.33. The Bertz CT molecular complexity index is 285. The first kappa shape index (κ1) is 9.83. The number of pyridine rings is 1. The number of aromatic nitrogens is 1. The molecule has 0 saturated carbocycles. The van der Waals surface area contributed by atoms with Gasteiger partial charge in [0.15, 0.2) is 0 Å². The normalized spacial score (nSPS) is 11.4. The van der Waals surface area contributed by atoms with Gasteiger partial charge >= 0.3 is 6.18 Å². The molecule has 5 heteroatoms. The van der Waals surface area contributed by atoms with Crippen molar-refractivity contribution >= 4 is 0 Å². The van der Waals surface area contributed by atoms with E-state index in [1.54, 1.807) is 6.92 Å². The van der Waals surface area contributed by atoms with E-state index in [0.29, 0.717) is 6.61 Å². The number of nitrogens with zero attached hydrogens (tertiary/aromatic N) is 1. The Labute approximate surface area is 73.4 Å². The van der Waals surface area contributed by atoms with Gasteiger partial charge in [0.1, 0.15) is 11.4 Å². The number of ether oxygens (including phenoxy) is 1. The van der Waals surface area contributed by atoms with Gasteiger partial charge in [-0.2, -0.15) is 13.2 Å². The molecule has 0 aliphatic rings. The van der Waals surface area contributed by atoms with Gasteiger partial charge in [-0.05, 0) is 13.0 Å². The zero-order chi connectivity index (χ0) is 9.90.